The van der Waals surface area contributed by atoms with Crippen LogP contribution in [-0.2, 0) is 21.8 Å². The molecule has 7 nitrogen and oxygen atoms in total. The molecule has 0 aliphatic carbocycles. The predicted octanol–water partition coefficient (Wildman–Crippen LogP) is 1.01. The molecule has 0 spiro atoms. The number of benzene rings is 1. The van der Waals surface area contributed by atoms with Crippen LogP contribution in [0.4, 0.5) is 5.82 Å². The summed E-state index contributed by atoms with van der Waals surface area (Å²) in [4.78, 5) is 11.4. The summed E-state index contributed by atoms with van der Waals surface area (Å²) in [5.41, 5.74) is -0.0292. The van der Waals surface area contributed by atoms with Crippen LogP contribution in [0.1, 0.15) is 10.4 Å². The summed E-state index contributed by atoms with van der Waals surface area (Å²) >= 11 is 0. The van der Waals surface area contributed by atoms with Gasteiger partial charge in [-0.15, -0.1) is 0 Å². The zero-order valence-corrected chi connectivity index (χ0v) is 11.7. The molecule has 8 heteroatoms. The van der Waals surface area contributed by atoms with Gasteiger partial charge in [0.15, 0.2) is 5.82 Å². The van der Waals surface area contributed by atoms with Crippen LogP contribution in [0, 0.1) is 0 Å². The fourth-order valence-corrected chi connectivity index (χ4v) is 2.83. The highest BCUT2D eigenvalue weighted by Crippen LogP contribution is 2.19. The average molecular weight is 295 g/mol. The van der Waals surface area contributed by atoms with E-state index in [1.165, 1.54) is 36.1 Å². The van der Waals surface area contributed by atoms with E-state index >= 15 is 0 Å². The first-order chi connectivity index (χ1) is 9.44. The van der Waals surface area contributed by atoms with Gasteiger partial charge in [-0.2, -0.15) is 5.10 Å². The van der Waals surface area contributed by atoms with E-state index in [-0.39, 0.29) is 16.3 Å². The van der Waals surface area contributed by atoms with Crippen molar-refractivity contribution in [1.82, 2.24) is 9.78 Å². The van der Waals surface area contributed by atoms with Crippen molar-refractivity contribution in [3.8, 4) is 0 Å². The Hall–Kier alpha value is -2.35. The summed E-state index contributed by atoms with van der Waals surface area (Å²) in [6, 6.07) is 7.32. The van der Waals surface area contributed by atoms with Gasteiger partial charge in [0.2, 0.25) is 0 Å². The number of nitrogens with one attached hydrogen (secondary N) is 1. The Balaban J connectivity index is 2.42. The van der Waals surface area contributed by atoms with E-state index in [2.05, 4.69) is 14.6 Å². The molecule has 1 heterocycles. The number of methoxy groups -OCH3 is 1. The molecule has 0 fully saturated rings. The second-order valence-corrected chi connectivity index (χ2v) is 5.62. The molecule has 0 amide bonds. The number of sulfonamides is 1. The molecule has 0 aliphatic heterocycles. The maximum atomic E-state index is 12.3. The predicted molar refractivity (Wildman–Crippen MR) is 71.8 cm³/mol. The minimum absolute atomic E-state index is 0.0292. The van der Waals surface area contributed by atoms with Crippen LogP contribution in [0.3, 0.4) is 0 Å². The summed E-state index contributed by atoms with van der Waals surface area (Å²) in [7, 11) is -1.05. The third kappa shape index (κ3) is 2.80. The minimum Gasteiger partial charge on any atom is -0.465 e. The Morgan fingerprint density at radius 3 is 2.60 bits per heavy atom. The molecule has 0 saturated carbocycles. The normalized spacial score (nSPS) is 11.1. The molecule has 0 radical (unpaired) electrons. The van der Waals surface area contributed by atoms with Gasteiger partial charge in [0, 0.05) is 19.3 Å². The molecule has 106 valence electrons. The van der Waals surface area contributed by atoms with Gasteiger partial charge in [-0.1, -0.05) is 12.1 Å². The van der Waals surface area contributed by atoms with E-state index in [4.69, 9.17) is 0 Å². The number of carbonyl (C=O) groups is 1. The number of hydrogen-bond donors (Lipinski definition) is 1. The van der Waals surface area contributed by atoms with Gasteiger partial charge in [0.1, 0.15) is 4.90 Å². The Bertz CT molecular complexity index is 737. The molecule has 1 aromatic carbocycles. The number of hydrogen-bond acceptors (Lipinski definition) is 5. The number of carbonyl (C=O) groups excluding carboxylic acids is 1. The Morgan fingerprint density at radius 1 is 1.30 bits per heavy atom. The maximum absolute atomic E-state index is 12.3. The second kappa shape index (κ2) is 5.33. The Labute approximate surface area is 116 Å². The summed E-state index contributed by atoms with van der Waals surface area (Å²) in [6.45, 7) is 0. The third-order valence-electron chi connectivity index (χ3n) is 2.53. The highest BCUT2D eigenvalue weighted by Gasteiger charge is 2.23. The van der Waals surface area contributed by atoms with Crippen molar-refractivity contribution < 1.29 is 17.9 Å². The third-order valence-corrected chi connectivity index (χ3v) is 3.95. The first-order valence-corrected chi connectivity index (χ1v) is 7.12. The van der Waals surface area contributed by atoms with E-state index < -0.39 is 16.0 Å². The molecule has 0 unspecified atom stereocenters. The van der Waals surface area contributed by atoms with Crippen LogP contribution in [0.25, 0.3) is 0 Å². The molecule has 1 N–H and O–H groups in total. The van der Waals surface area contributed by atoms with Crippen LogP contribution < -0.4 is 4.72 Å². The SMILES string of the molecule is COC(=O)c1ccccc1S(=O)(=O)Nc1ccn(C)n1. The number of nitrogens with zero attached hydrogens (tertiary/aromatic N) is 2. The van der Waals surface area contributed by atoms with E-state index in [1.807, 2.05) is 0 Å². The number of anilines is 1. The van der Waals surface area contributed by atoms with Gasteiger partial charge in [0.25, 0.3) is 10.0 Å². The highest BCUT2D eigenvalue weighted by atomic mass is 32.2. The van der Waals surface area contributed by atoms with Crippen molar-refractivity contribution in [2.24, 2.45) is 7.05 Å². The van der Waals surface area contributed by atoms with Crippen LogP contribution in [0.15, 0.2) is 41.4 Å². The van der Waals surface area contributed by atoms with E-state index in [0.717, 1.165) is 0 Å². The molecule has 2 rings (SSSR count). The number of aryl methyl sites for hydroxylation is 1. The molecule has 0 bridgehead atoms. The lowest BCUT2D eigenvalue weighted by atomic mass is 10.2. The largest absolute Gasteiger partial charge is 0.465 e. The molecular weight excluding hydrogens is 282 g/mol. The van der Waals surface area contributed by atoms with Gasteiger partial charge < -0.3 is 4.74 Å². The lowest BCUT2D eigenvalue weighted by molar-refractivity contribution is 0.0596. The summed E-state index contributed by atoms with van der Waals surface area (Å²) in [6.07, 6.45) is 1.60. The first kappa shape index (κ1) is 14.1. The smallest absolute Gasteiger partial charge is 0.339 e. The lowest BCUT2D eigenvalue weighted by Gasteiger charge is -2.09. The number of ether oxygens (including phenoxy) is 1. The zero-order valence-electron chi connectivity index (χ0n) is 10.9. The van der Waals surface area contributed by atoms with E-state index in [9.17, 15) is 13.2 Å². The van der Waals surface area contributed by atoms with Crippen LogP contribution in [-0.4, -0.2) is 31.3 Å². The maximum Gasteiger partial charge on any atom is 0.339 e. The molecule has 0 aliphatic rings. The van der Waals surface area contributed by atoms with Crippen molar-refractivity contribution in [3.63, 3.8) is 0 Å². The van der Waals surface area contributed by atoms with Crippen molar-refractivity contribution >= 4 is 21.8 Å². The molecule has 0 atom stereocenters. The summed E-state index contributed by atoms with van der Waals surface area (Å²) in [5, 5.41) is 3.93. The summed E-state index contributed by atoms with van der Waals surface area (Å²) in [5.74, 6) is -0.542. The Morgan fingerprint density at radius 2 is 2.00 bits per heavy atom. The second-order valence-electron chi connectivity index (χ2n) is 3.97. The molecule has 0 saturated heterocycles. The molecule has 1 aromatic heterocycles. The topological polar surface area (TPSA) is 90.3 Å². The van der Waals surface area contributed by atoms with Crippen LogP contribution in [0.2, 0.25) is 0 Å². The zero-order chi connectivity index (χ0) is 14.8. The Kier molecular flexibility index (Phi) is 3.75. The van der Waals surface area contributed by atoms with Gasteiger partial charge in [0.05, 0.1) is 12.7 Å². The van der Waals surface area contributed by atoms with Crippen molar-refractivity contribution in [2.75, 3.05) is 11.8 Å². The minimum atomic E-state index is -3.91. The van der Waals surface area contributed by atoms with Gasteiger partial charge >= 0.3 is 5.97 Å². The quantitative estimate of drug-likeness (QED) is 0.850. The van der Waals surface area contributed by atoms with Crippen molar-refractivity contribution in [3.05, 3.63) is 42.1 Å². The molecule has 2 aromatic rings. The average Bonchev–Trinajstić information content (AvgIpc) is 2.82. The van der Waals surface area contributed by atoms with Gasteiger partial charge in [-0.05, 0) is 12.1 Å². The fourth-order valence-electron chi connectivity index (χ4n) is 1.64. The standard InChI is InChI=1S/C12H13N3O4S/c1-15-8-7-11(13-15)14-20(17,18)10-6-4-3-5-9(10)12(16)19-2/h3-8H,1-2H3,(H,13,14). The number of esters is 1. The van der Waals surface area contributed by atoms with Crippen LogP contribution in [0.5, 0.6) is 0 Å². The monoisotopic (exact) mass is 295 g/mol. The fraction of sp³-hybridized carbons (Fsp3) is 0.167. The number of aromatic nitrogens is 2. The van der Waals surface area contributed by atoms with E-state index in [1.54, 1.807) is 19.3 Å². The van der Waals surface area contributed by atoms with Crippen LogP contribution >= 0.6 is 0 Å². The van der Waals surface area contributed by atoms with Crippen molar-refractivity contribution in [2.45, 2.75) is 4.90 Å². The highest BCUT2D eigenvalue weighted by molar-refractivity contribution is 7.92. The van der Waals surface area contributed by atoms with E-state index in [0.29, 0.717) is 0 Å². The lowest BCUT2D eigenvalue weighted by Crippen LogP contribution is -2.17. The molecular formula is C12H13N3O4S. The van der Waals surface area contributed by atoms with Gasteiger partial charge in [-0.3, -0.25) is 9.40 Å². The summed E-state index contributed by atoms with van der Waals surface area (Å²) < 4.78 is 32.9. The molecule has 20 heavy (non-hydrogen) atoms. The van der Waals surface area contributed by atoms with Gasteiger partial charge in [-0.25, -0.2) is 13.2 Å². The number of rotatable bonds is 4. The first-order valence-electron chi connectivity index (χ1n) is 5.64. The van der Waals surface area contributed by atoms with Crippen molar-refractivity contribution in [1.29, 1.82) is 0 Å².